The molecule has 1 aromatic heterocycles. The monoisotopic (exact) mass is 411 g/mol. The Balaban J connectivity index is 1.67. The SMILES string of the molecule is COc1ccc(-c2ccc(=O)n(CC(=O)NCCc3ccc(F)cc3)n2)cc1OC. The molecular weight excluding hydrogens is 389 g/mol. The van der Waals surface area contributed by atoms with Crippen LogP contribution in [0, 0.1) is 5.82 Å². The van der Waals surface area contributed by atoms with E-state index in [-0.39, 0.29) is 23.8 Å². The van der Waals surface area contributed by atoms with Crippen LogP contribution in [0.15, 0.2) is 59.4 Å². The van der Waals surface area contributed by atoms with Crippen LogP contribution in [-0.4, -0.2) is 36.5 Å². The number of hydrogen-bond acceptors (Lipinski definition) is 5. The van der Waals surface area contributed by atoms with Crippen LogP contribution in [0.1, 0.15) is 5.56 Å². The fourth-order valence-electron chi connectivity index (χ4n) is 2.90. The number of methoxy groups -OCH3 is 2. The van der Waals surface area contributed by atoms with Gasteiger partial charge >= 0.3 is 0 Å². The Morgan fingerprint density at radius 2 is 1.77 bits per heavy atom. The van der Waals surface area contributed by atoms with E-state index in [1.54, 1.807) is 43.5 Å². The van der Waals surface area contributed by atoms with Gasteiger partial charge in [-0.15, -0.1) is 0 Å². The third-order valence-electron chi connectivity index (χ3n) is 4.49. The number of carbonyl (C=O) groups is 1. The third kappa shape index (κ3) is 5.22. The zero-order valence-electron chi connectivity index (χ0n) is 16.7. The first-order valence-electron chi connectivity index (χ1n) is 9.32. The largest absolute Gasteiger partial charge is 0.493 e. The summed E-state index contributed by atoms with van der Waals surface area (Å²) < 4.78 is 24.6. The van der Waals surface area contributed by atoms with Crippen LogP contribution in [0.5, 0.6) is 11.5 Å². The quantitative estimate of drug-likeness (QED) is 0.616. The van der Waals surface area contributed by atoms with Crippen molar-refractivity contribution in [2.24, 2.45) is 0 Å². The predicted molar refractivity (Wildman–Crippen MR) is 110 cm³/mol. The smallest absolute Gasteiger partial charge is 0.267 e. The highest BCUT2D eigenvalue weighted by Gasteiger charge is 2.11. The van der Waals surface area contributed by atoms with E-state index >= 15 is 0 Å². The summed E-state index contributed by atoms with van der Waals surface area (Å²) in [6.45, 7) is 0.165. The lowest BCUT2D eigenvalue weighted by Crippen LogP contribution is -2.34. The Hall–Kier alpha value is -3.68. The second-order valence-electron chi connectivity index (χ2n) is 6.51. The van der Waals surface area contributed by atoms with Gasteiger partial charge in [0.1, 0.15) is 12.4 Å². The lowest BCUT2D eigenvalue weighted by atomic mass is 10.1. The first kappa shape index (κ1) is 21.0. The van der Waals surface area contributed by atoms with Gasteiger partial charge in [-0.05, 0) is 48.4 Å². The minimum Gasteiger partial charge on any atom is -0.493 e. The lowest BCUT2D eigenvalue weighted by molar-refractivity contribution is -0.121. The Kier molecular flexibility index (Phi) is 6.79. The molecule has 8 heteroatoms. The standard InChI is InChI=1S/C22H22FN3O4/c1-29-19-9-5-16(13-20(19)30-2)18-8-10-22(28)26(25-18)14-21(27)24-12-11-15-3-6-17(23)7-4-15/h3-10,13H,11-12,14H2,1-2H3,(H,24,27). The van der Waals surface area contributed by atoms with Gasteiger partial charge in [0.2, 0.25) is 5.91 Å². The summed E-state index contributed by atoms with van der Waals surface area (Å²) in [5.74, 6) is 0.474. The Bertz CT molecular complexity index is 1080. The number of aromatic nitrogens is 2. The molecule has 0 aliphatic rings. The van der Waals surface area contributed by atoms with Crippen LogP contribution in [0.3, 0.4) is 0 Å². The molecule has 2 aromatic carbocycles. The van der Waals surface area contributed by atoms with Gasteiger partial charge < -0.3 is 14.8 Å². The zero-order chi connectivity index (χ0) is 21.5. The normalized spacial score (nSPS) is 10.5. The fourth-order valence-corrected chi connectivity index (χ4v) is 2.90. The summed E-state index contributed by atoms with van der Waals surface area (Å²) in [6, 6.07) is 14.3. The molecule has 156 valence electrons. The molecule has 3 aromatic rings. The maximum absolute atomic E-state index is 12.9. The molecular formula is C22H22FN3O4. The van der Waals surface area contributed by atoms with Crippen LogP contribution < -0.4 is 20.3 Å². The van der Waals surface area contributed by atoms with E-state index in [0.29, 0.717) is 30.2 Å². The number of carbonyl (C=O) groups excluding carboxylic acids is 1. The predicted octanol–water partition coefficient (Wildman–Crippen LogP) is 2.43. The minimum atomic E-state index is -0.382. The zero-order valence-corrected chi connectivity index (χ0v) is 16.7. The highest BCUT2D eigenvalue weighted by Crippen LogP contribution is 2.31. The van der Waals surface area contributed by atoms with Gasteiger partial charge in [-0.25, -0.2) is 9.07 Å². The second-order valence-corrected chi connectivity index (χ2v) is 6.51. The topological polar surface area (TPSA) is 82.5 Å². The van der Waals surface area contributed by atoms with E-state index < -0.39 is 0 Å². The van der Waals surface area contributed by atoms with Gasteiger partial charge in [-0.2, -0.15) is 5.10 Å². The van der Waals surface area contributed by atoms with E-state index in [9.17, 15) is 14.0 Å². The van der Waals surface area contributed by atoms with Gasteiger partial charge in [0.25, 0.3) is 5.56 Å². The number of hydrogen-bond donors (Lipinski definition) is 1. The highest BCUT2D eigenvalue weighted by atomic mass is 19.1. The van der Waals surface area contributed by atoms with Crippen molar-refractivity contribution in [3.05, 3.63) is 76.3 Å². The van der Waals surface area contributed by atoms with Crippen LogP contribution in [0.2, 0.25) is 0 Å². The molecule has 0 aliphatic heterocycles. The summed E-state index contributed by atoms with van der Waals surface area (Å²) in [7, 11) is 3.08. The molecule has 0 fully saturated rings. The Morgan fingerprint density at radius 1 is 1.03 bits per heavy atom. The maximum atomic E-state index is 12.9. The van der Waals surface area contributed by atoms with Gasteiger partial charge in [0.05, 0.1) is 19.9 Å². The molecule has 0 saturated heterocycles. The first-order valence-corrected chi connectivity index (χ1v) is 9.32. The minimum absolute atomic E-state index is 0.205. The van der Waals surface area contributed by atoms with E-state index in [0.717, 1.165) is 15.8 Å². The average Bonchev–Trinajstić information content (AvgIpc) is 2.76. The van der Waals surface area contributed by atoms with Crippen LogP contribution in [0.25, 0.3) is 11.3 Å². The number of amides is 1. The molecule has 0 spiro atoms. The van der Waals surface area contributed by atoms with Crippen LogP contribution in [0.4, 0.5) is 4.39 Å². The molecule has 1 amide bonds. The fraction of sp³-hybridized carbons (Fsp3) is 0.227. The summed E-state index contributed by atoms with van der Waals surface area (Å²) in [5, 5.41) is 7.04. The van der Waals surface area contributed by atoms with E-state index in [2.05, 4.69) is 10.4 Å². The van der Waals surface area contributed by atoms with Crippen molar-refractivity contribution in [1.82, 2.24) is 15.1 Å². The number of ether oxygens (including phenoxy) is 2. The summed E-state index contributed by atoms with van der Waals surface area (Å²) >= 11 is 0. The molecule has 0 aliphatic carbocycles. The van der Waals surface area contributed by atoms with Gasteiger partial charge in [-0.1, -0.05) is 12.1 Å². The highest BCUT2D eigenvalue weighted by molar-refractivity contribution is 5.75. The van der Waals surface area contributed by atoms with Crippen molar-refractivity contribution < 1.29 is 18.7 Å². The third-order valence-corrected chi connectivity index (χ3v) is 4.49. The van der Waals surface area contributed by atoms with Crippen LogP contribution in [-0.2, 0) is 17.8 Å². The van der Waals surface area contributed by atoms with E-state index in [1.165, 1.54) is 25.3 Å². The lowest BCUT2D eigenvalue weighted by Gasteiger charge is -2.11. The molecule has 0 unspecified atom stereocenters. The van der Waals surface area contributed by atoms with Crippen molar-refractivity contribution in [2.45, 2.75) is 13.0 Å². The Morgan fingerprint density at radius 3 is 2.47 bits per heavy atom. The number of benzene rings is 2. The first-order chi connectivity index (χ1) is 14.5. The molecule has 3 rings (SSSR count). The average molecular weight is 411 g/mol. The van der Waals surface area contributed by atoms with Crippen molar-refractivity contribution in [2.75, 3.05) is 20.8 Å². The number of halogens is 1. The molecule has 0 radical (unpaired) electrons. The molecule has 1 heterocycles. The Labute approximate surface area is 173 Å². The summed E-state index contributed by atoms with van der Waals surface area (Å²) in [4.78, 5) is 24.4. The number of nitrogens with one attached hydrogen (secondary N) is 1. The second kappa shape index (κ2) is 9.69. The molecule has 7 nitrogen and oxygen atoms in total. The van der Waals surface area contributed by atoms with E-state index in [4.69, 9.17) is 9.47 Å². The van der Waals surface area contributed by atoms with Crippen molar-refractivity contribution in [3.63, 3.8) is 0 Å². The summed E-state index contributed by atoms with van der Waals surface area (Å²) in [6.07, 6.45) is 0.556. The van der Waals surface area contributed by atoms with Crippen molar-refractivity contribution in [3.8, 4) is 22.8 Å². The number of nitrogens with zero attached hydrogens (tertiary/aromatic N) is 2. The van der Waals surface area contributed by atoms with Crippen molar-refractivity contribution >= 4 is 5.91 Å². The maximum Gasteiger partial charge on any atom is 0.267 e. The summed E-state index contributed by atoms with van der Waals surface area (Å²) in [5.41, 5.74) is 1.77. The van der Waals surface area contributed by atoms with E-state index in [1.807, 2.05) is 0 Å². The number of rotatable bonds is 8. The van der Waals surface area contributed by atoms with Gasteiger partial charge in [0, 0.05) is 18.2 Å². The van der Waals surface area contributed by atoms with Crippen LogP contribution >= 0.6 is 0 Å². The molecule has 0 bridgehead atoms. The molecule has 30 heavy (non-hydrogen) atoms. The molecule has 0 saturated carbocycles. The van der Waals surface area contributed by atoms with Gasteiger partial charge in [-0.3, -0.25) is 9.59 Å². The van der Waals surface area contributed by atoms with Crippen molar-refractivity contribution in [1.29, 1.82) is 0 Å². The molecule has 0 atom stereocenters. The van der Waals surface area contributed by atoms with Gasteiger partial charge in [0.15, 0.2) is 11.5 Å². The molecule has 1 N–H and O–H groups in total.